The third-order valence-corrected chi connectivity index (χ3v) is 4.27. The van der Waals surface area contributed by atoms with Crippen LogP contribution in [0.3, 0.4) is 0 Å². The van der Waals surface area contributed by atoms with E-state index >= 15 is 0 Å². The molecule has 0 heterocycles. The molecule has 0 bridgehead atoms. The molecule has 0 aliphatic carbocycles. The number of hydrogen-bond acceptors (Lipinski definition) is 1. The molecular weight excluding hydrogens is 339 g/mol. The highest BCUT2D eigenvalue weighted by Crippen LogP contribution is 2.34. The molecule has 0 aliphatic rings. The summed E-state index contributed by atoms with van der Waals surface area (Å²) in [5, 5.41) is 0. The maximum absolute atomic E-state index is 5.66. The van der Waals surface area contributed by atoms with Crippen LogP contribution in [0.4, 0.5) is 0 Å². The summed E-state index contributed by atoms with van der Waals surface area (Å²) >= 11 is 2.35. The van der Waals surface area contributed by atoms with E-state index < -0.39 is 5.60 Å². The normalized spacial score (nSPS) is 11.4. The highest BCUT2D eigenvalue weighted by atomic mass is 127. The molecule has 0 atom stereocenters. The Kier molecular flexibility index (Phi) is 4.36. The van der Waals surface area contributed by atoms with Crippen molar-refractivity contribution < 1.29 is 4.43 Å². The average Bonchev–Trinajstić information content (AvgIpc) is 2.43. The van der Waals surface area contributed by atoms with Crippen molar-refractivity contribution in [3.05, 3.63) is 71.8 Å². The van der Waals surface area contributed by atoms with Crippen molar-refractivity contribution in [3.8, 4) is 0 Å². The van der Waals surface area contributed by atoms with Gasteiger partial charge in [-0.3, -0.25) is 0 Å². The number of rotatable bonds is 4. The Morgan fingerprint density at radius 3 is 1.59 bits per heavy atom. The average molecular weight is 351 g/mol. The first-order chi connectivity index (χ1) is 8.33. The van der Waals surface area contributed by atoms with E-state index in [1.54, 1.807) is 0 Å². The van der Waals surface area contributed by atoms with Gasteiger partial charge in [0, 0.05) is 4.43 Å². The molecular formula is C14H12IOSi. The van der Waals surface area contributed by atoms with E-state index in [4.69, 9.17) is 4.43 Å². The fourth-order valence-corrected chi connectivity index (χ4v) is 3.52. The maximum Gasteiger partial charge on any atom is 0.248 e. The minimum Gasteiger partial charge on any atom is -0.404 e. The summed E-state index contributed by atoms with van der Waals surface area (Å²) in [4.78, 5) is 0. The SMILES string of the molecule is [Si]OC(CI)(c1ccccc1)c1ccccc1. The summed E-state index contributed by atoms with van der Waals surface area (Å²) in [6.07, 6.45) is 0. The minimum absolute atomic E-state index is 0.431. The van der Waals surface area contributed by atoms with E-state index in [1.807, 2.05) is 36.4 Å². The first-order valence-electron chi connectivity index (χ1n) is 5.35. The molecule has 0 N–H and O–H groups in total. The Balaban J connectivity index is 2.54. The lowest BCUT2D eigenvalue weighted by atomic mass is 9.88. The third-order valence-electron chi connectivity index (χ3n) is 2.84. The second-order valence-corrected chi connectivity index (χ2v) is 4.76. The first-order valence-corrected chi connectivity index (χ1v) is 7.28. The van der Waals surface area contributed by atoms with Gasteiger partial charge < -0.3 is 4.43 Å². The predicted octanol–water partition coefficient (Wildman–Crippen LogP) is 3.47. The zero-order valence-corrected chi connectivity index (χ0v) is 12.4. The largest absolute Gasteiger partial charge is 0.404 e. The summed E-state index contributed by atoms with van der Waals surface area (Å²) in [7, 11) is 3.25. The standard InChI is InChI=1S/C14H12IOSi/c15-11-14(16-17,12-7-3-1-4-8-12)13-9-5-2-6-10-13/h1-10H,11H2. The smallest absolute Gasteiger partial charge is 0.248 e. The van der Waals surface area contributed by atoms with Gasteiger partial charge in [-0.1, -0.05) is 83.3 Å². The Labute approximate surface area is 119 Å². The monoisotopic (exact) mass is 351 g/mol. The van der Waals surface area contributed by atoms with Crippen LogP contribution in [0.1, 0.15) is 11.1 Å². The van der Waals surface area contributed by atoms with Gasteiger partial charge >= 0.3 is 0 Å². The second-order valence-electron chi connectivity index (χ2n) is 3.79. The maximum atomic E-state index is 5.66. The number of hydrogen-bond donors (Lipinski definition) is 0. The van der Waals surface area contributed by atoms with Crippen LogP contribution in [0.2, 0.25) is 0 Å². The minimum atomic E-state index is -0.431. The van der Waals surface area contributed by atoms with Crippen LogP contribution in [0.15, 0.2) is 60.7 Å². The lowest BCUT2D eigenvalue weighted by molar-refractivity contribution is 0.158. The molecule has 3 heteroatoms. The van der Waals surface area contributed by atoms with E-state index in [1.165, 1.54) is 0 Å². The van der Waals surface area contributed by atoms with Crippen molar-refractivity contribution in [2.45, 2.75) is 5.60 Å². The summed E-state index contributed by atoms with van der Waals surface area (Å²) in [5.74, 6) is 0. The summed E-state index contributed by atoms with van der Waals surface area (Å²) in [6.45, 7) is 0. The fraction of sp³-hybridized carbons (Fsp3) is 0.143. The van der Waals surface area contributed by atoms with E-state index in [9.17, 15) is 0 Å². The van der Waals surface area contributed by atoms with Gasteiger partial charge in [-0.2, -0.15) is 0 Å². The molecule has 0 fully saturated rings. The van der Waals surface area contributed by atoms with E-state index in [2.05, 4.69) is 57.3 Å². The van der Waals surface area contributed by atoms with Crippen LogP contribution in [0, 0.1) is 0 Å². The molecule has 0 aromatic heterocycles. The molecule has 0 spiro atoms. The second kappa shape index (κ2) is 5.80. The summed E-state index contributed by atoms with van der Waals surface area (Å²) in [5.41, 5.74) is 1.87. The molecule has 1 nitrogen and oxygen atoms in total. The van der Waals surface area contributed by atoms with Gasteiger partial charge in [-0.05, 0) is 11.1 Å². The van der Waals surface area contributed by atoms with Crippen LogP contribution in [-0.4, -0.2) is 14.9 Å². The molecule has 0 unspecified atom stereocenters. The van der Waals surface area contributed by atoms with Gasteiger partial charge in [0.15, 0.2) is 0 Å². The molecule has 0 aliphatic heterocycles. The van der Waals surface area contributed by atoms with Gasteiger partial charge in [0.05, 0.1) is 0 Å². The van der Waals surface area contributed by atoms with Crippen LogP contribution >= 0.6 is 22.6 Å². The third kappa shape index (κ3) is 2.46. The number of benzene rings is 2. The van der Waals surface area contributed by atoms with Crippen molar-refractivity contribution in [1.29, 1.82) is 0 Å². The lowest BCUT2D eigenvalue weighted by Gasteiger charge is -2.32. The highest BCUT2D eigenvalue weighted by molar-refractivity contribution is 14.1. The van der Waals surface area contributed by atoms with Gasteiger partial charge in [0.25, 0.3) is 0 Å². The van der Waals surface area contributed by atoms with Crippen molar-refractivity contribution in [2.24, 2.45) is 0 Å². The topological polar surface area (TPSA) is 9.23 Å². The predicted molar refractivity (Wildman–Crippen MR) is 79.4 cm³/mol. The van der Waals surface area contributed by atoms with Crippen LogP contribution in [-0.2, 0) is 10.0 Å². The Morgan fingerprint density at radius 1 is 0.882 bits per heavy atom. The lowest BCUT2D eigenvalue weighted by Crippen LogP contribution is -2.32. The zero-order chi connectivity index (χ0) is 12.1. The molecule has 0 saturated heterocycles. The zero-order valence-electron chi connectivity index (χ0n) is 9.27. The molecule has 2 aromatic rings. The summed E-state index contributed by atoms with van der Waals surface area (Å²) in [6, 6.07) is 20.5. The van der Waals surface area contributed by atoms with Crippen LogP contribution in [0.5, 0.6) is 0 Å². The Morgan fingerprint density at radius 2 is 1.29 bits per heavy atom. The molecule has 3 radical (unpaired) electrons. The molecule has 0 amide bonds. The Hall–Kier alpha value is -0.653. The van der Waals surface area contributed by atoms with E-state index in [0.717, 1.165) is 15.6 Å². The van der Waals surface area contributed by atoms with E-state index in [0.29, 0.717) is 0 Å². The van der Waals surface area contributed by atoms with Crippen molar-refractivity contribution in [1.82, 2.24) is 0 Å². The van der Waals surface area contributed by atoms with Crippen molar-refractivity contribution in [2.75, 3.05) is 4.43 Å². The molecule has 2 aromatic carbocycles. The highest BCUT2D eigenvalue weighted by Gasteiger charge is 2.32. The molecule has 17 heavy (non-hydrogen) atoms. The van der Waals surface area contributed by atoms with E-state index in [-0.39, 0.29) is 0 Å². The van der Waals surface area contributed by atoms with Gasteiger partial charge in [0.1, 0.15) is 5.60 Å². The quantitative estimate of drug-likeness (QED) is 0.466. The van der Waals surface area contributed by atoms with Crippen molar-refractivity contribution in [3.63, 3.8) is 0 Å². The molecule has 85 valence electrons. The van der Waals surface area contributed by atoms with Crippen LogP contribution in [0.25, 0.3) is 0 Å². The first kappa shape index (κ1) is 12.8. The van der Waals surface area contributed by atoms with Crippen molar-refractivity contribution >= 4 is 33.1 Å². The number of alkyl halides is 1. The van der Waals surface area contributed by atoms with Crippen LogP contribution < -0.4 is 0 Å². The van der Waals surface area contributed by atoms with Gasteiger partial charge in [0.2, 0.25) is 10.5 Å². The fourth-order valence-electron chi connectivity index (χ4n) is 1.88. The Bertz CT molecular complexity index is 413. The summed E-state index contributed by atoms with van der Waals surface area (Å²) < 4.78 is 6.49. The molecule has 2 rings (SSSR count). The molecule has 0 saturated carbocycles. The van der Waals surface area contributed by atoms with Gasteiger partial charge in [-0.25, -0.2) is 0 Å². The number of halogens is 1. The van der Waals surface area contributed by atoms with Gasteiger partial charge in [-0.15, -0.1) is 0 Å².